The normalized spacial score (nSPS) is 11.7. The van der Waals surface area contributed by atoms with Gasteiger partial charge >= 0.3 is 0 Å². The van der Waals surface area contributed by atoms with Crippen molar-refractivity contribution in [1.82, 2.24) is 0 Å². The van der Waals surface area contributed by atoms with Crippen molar-refractivity contribution in [2.45, 2.75) is 0 Å². The SMILES string of the molecule is COc1cc(C(/C=C/c2cccc3ccccc23)=N/O)cc(OC)c1OC. The number of oxime groups is 1. The van der Waals surface area contributed by atoms with Crippen molar-refractivity contribution in [1.29, 1.82) is 0 Å². The summed E-state index contributed by atoms with van der Waals surface area (Å²) >= 11 is 0. The lowest BCUT2D eigenvalue weighted by molar-refractivity contribution is 0.319. The third-order valence-corrected chi connectivity index (χ3v) is 4.31. The van der Waals surface area contributed by atoms with Crippen LogP contribution in [0, 0.1) is 0 Å². The molecule has 0 atom stereocenters. The average molecular weight is 363 g/mol. The van der Waals surface area contributed by atoms with Crippen molar-refractivity contribution in [3.05, 3.63) is 71.8 Å². The van der Waals surface area contributed by atoms with Gasteiger partial charge in [0.25, 0.3) is 0 Å². The molecular formula is C22H21NO4. The topological polar surface area (TPSA) is 60.3 Å². The fraction of sp³-hybridized carbons (Fsp3) is 0.136. The molecule has 0 aliphatic rings. The van der Waals surface area contributed by atoms with Gasteiger partial charge < -0.3 is 19.4 Å². The first-order chi connectivity index (χ1) is 13.2. The maximum absolute atomic E-state index is 9.55. The molecule has 3 aromatic rings. The number of fused-ring (bicyclic) bond motifs is 1. The molecule has 3 rings (SSSR count). The minimum absolute atomic E-state index is 0.377. The van der Waals surface area contributed by atoms with Crippen molar-refractivity contribution in [2.75, 3.05) is 21.3 Å². The lowest BCUT2D eigenvalue weighted by Crippen LogP contribution is -2.01. The Morgan fingerprint density at radius 2 is 1.56 bits per heavy atom. The first-order valence-electron chi connectivity index (χ1n) is 8.40. The summed E-state index contributed by atoms with van der Waals surface area (Å²) in [5.74, 6) is 1.47. The second-order valence-electron chi connectivity index (χ2n) is 5.80. The Balaban J connectivity index is 2.02. The minimum atomic E-state index is 0.377. The van der Waals surface area contributed by atoms with E-state index in [1.54, 1.807) is 39.5 Å². The Bertz CT molecular complexity index is 978. The van der Waals surface area contributed by atoms with E-state index in [-0.39, 0.29) is 0 Å². The highest BCUT2D eigenvalue weighted by Gasteiger charge is 2.15. The van der Waals surface area contributed by atoms with Gasteiger partial charge in [0.05, 0.1) is 21.3 Å². The first kappa shape index (κ1) is 18.3. The van der Waals surface area contributed by atoms with E-state index in [2.05, 4.69) is 23.4 Å². The molecule has 5 heteroatoms. The van der Waals surface area contributed by atoms with E-state index in [1.165, 1.54) is 0 Å². The summed E-state index contributed by atoms with van der Waals surface area (Å²) in [6, 6.07) is 17.7. The van der Waals surface area contributed by atoms with Crippen LogP contribution in [0.1, 0.15) is 11.1 Å². The third kappa shape index (κ3) is 3.72. The van der Waals surface area contributed by atoms with Crippen molar-refractivity contribution < 1.29 is 19.4 Å². The highest BCUT2D eigenvalue weighted by molar-refractivity contribution is 6.11. The van der Waals surface area contributed by atoms with Crippen LogP contribution in [0.5, 0.6) is 17.2 Å². The first-order valence-corrected chi connectivity index (χ1v) is 8.40. The van der Waals surface area contributed by atoms with Gasteiger partial charge in [0, 0.05) is 5.56 Å². The summed E-state index contributed by atoms with van der Waals surface area (Å²) < 4.78 is 16.1. The summed E-state index contributed by atoms with van der Waals surface area (Å²) in [6.07, 6.45) is 3.67. The van der Waals surface area contributed by atoms with Gasteiger partial charge in [-0.15, -0.1) is 0 Å². The molecule has 0 aromatic heterocycles. The van der Waals surface area contributed by atoms with Crippen LogP contribution in [0.25, 0.3) is 16.8 Å². The molecule has 1 N–H and O–H groups in total. The molecule has 0 radical (unpaired) electrons. The average Bonchev–Trinajstić information content (AvgIpc) is 2.73. The molecule has 0 saturated heterocycles. The molecule has 138 valence electrons. The van der Waals surface area contributed by atoms with Crippen molar-refractivity contribution in [2.24, 2.45) is 5.16 Å². The number of hydrogen-bond acceptors (Lipinski definition) is 5. The predicted octanol–water partition coefficient (Wildman–Crippen LogP) is 4.76. The van der Waals surface area contributed by atoms with Crippen molar-refractivity contribution in [3.8, 4) is 17.2 Å². The zero-order valence-corrected chi connectivity index (χ0v) is 15.5. The number of rotatable bonds is 6. The smallest absolute Gasteiger partial charge is 0.203 e. The van der Waals surface area contributed by atoms with Crippen LogP contribution in [0.2, 0.25) is 0 Å². The third-order valence-electron chi connectivity index (χ3n) is 4.31. The molecule has 0 fully saturated rings. The molecule has 3 aromatic carbocycles. The van der Waals surface area contributed by atoms with Crippen molar-refractivity contribution in [3.63, 3.8) is 0 Å². The molecule has 0 bridgehead atoms. The van der Waals surface area contributed by atoms with Gasteiger partial charge in [-0.25, -0.2) is 0 Å². The molecule has 0 aliphatic carbocycles. The minimum Gasteiger partial charge on any atom is -0.493 e. The van der Waals surface area contributed by atoms with Crippen LogP contribution in [0.4, 0.5) is 0 Å². The summed E-state index contributed by atoms with van der Waals surface area (Å²) in [6.45, 7) is 0. The quantitative estimate of drug-likeness (QED) is 0.390. The van der Waals surface area contributed by atoms with Crippen LogP contribution in [-0.2, 0) is 0 Å². The maximum atomic E-state index is 9.55. The van der Waals surface area contributed by atoms with E-state index < -0.39 is 0 Å². The van der Waals surface area contributed by atoms with E-state index in [0.717, 1.165) is 16.3 Å². The molecule has 0 unspecified atom stereocenters. The van der Waals surface area contributed by atoms with E-state index in [9.17, 15) is 5.21 Å². The van der Waals surface area contributed by atoms with Crippen LogP contribution in [0.3, 0.4) is 0 Å². The summed E-state index contributed by atoms with van der Waals surface area (Å²) in [4.78, 5) is 0. The van der Waals surface area contributed by atoms with Gasteiger partial charge in [-0.3, -0.25) is 0 Å². The Morgan fingerprint density at radius 3 is 2.19 bits per heavy atom. The predicted molar refractivity (Wildman–Crippen MR) is 107 cm³/mol. The molecule has 0 amide bonds. The van der Waals surface area contributed by atoms with E-state index in [0.29, 0.717) is 28.5 Å². The zero-order chi connectivity index (χ0) is 19.2. The monoisotopic (exact) mass is 363 g/mol. The lowest BCUT2D eigenvalue weighted by Gasteiger charge is -2.13. The molecule has 27 heavy (non-hydrogen) atoms. The van der Waals surface area contributed by atoms with Crippen molar-refractivity contribution >= 4 is 22.6 Å². The number of benzene rings is 3. The van der Waals surface area contributed by atoms with Crippen LogP contribution < -0.4 is 14.2 Å². The summed E-state index contributed by atoms with van der Waals surface area (Å²) in [5.41, 5.74) is 2.05. The maximum Gasteiger partial charge on any atom is 0.203 e. The summed E-state index contributed by atoms with van der Waals surface area (Å²) in [5, 5.41) is 15.3. The van der Waals surface area contributed by atoms with Crippen LogP contribution >= 0.6 is 0 Å². The molecule has 0 aliphatic heterocycles. The largest absolute Gasteiger partial charge is 0.493 e. The standard InChI is InChI=1S/C22H21NO4/c1-25-20-13-17(14-21(26-2)22(20)27-3)19(23-24)12-11-16-9-6-8-15-7-4-5-10-18(15)16/h4-14,24H,1-3H3/b12-11+,23-19+. The van der Waals surface area contributed by atoms with Crippen LogP contribution in [0.15, 0.2) is 65.8 Å². The Kier molecular flexibility index (Phi) is 5.61. The van der Waals surface area contributed by atoms with Gasteiger partial charge in [0.2, 0.25) is 5.75 Å². The van der Waals surface area contributed by atoms with Gasteiger partial charge in [-0.2, -0.15) is 0 Å². The fourth-order valence-corrected chi connectivity index (χ4v) is 2.98. The number of nitrogens with zero attached hydrogens (tertiary/aromatic N) is 1. The van der Waals surface area contributed by atoms with Gasteiger partial charge in [0.15, 0.2) is 11.5 Å². The molecule has 0 heterocycles. The highest BCUT2D eigenvalue weighted by Crippen LogP contribution is 2.38. The van der Waals surface area contributed by atoms with Gasteiger partial charge in [-0.05, 0) is 34.5 Å². The number of allylic oxidation sites excluding steroid dienone is 1. The molecular weight excluding hydrogens is 342 g/mol. The zero-order valence-electron chi connectivity index (χ0n) is 15.5. The number of hydrogen-bond donors (Lipinski definition) is 1. The summed E-state index contributed by atoms with van der Waals surface area (Å²) in [7, 11) is 4.63. The number of ether oxygens (including phenoxy) is 3. The molecule has 0 spiro atoms. The van der Waals surface area contributed by atoms with Gasteiger partial charge in [0.1, 0.15) is 5.71 Å². The van der Waals surface area contributed by atoms with E-state index in [4.69, 9.17) is 14.2 Å². The number of methoxy groups -OCH3 is 3. The Morgan fingerprint density at radius 1 is 0.889 bits per heavy atom. The molecule has 5 nitrogen and oxygen atoms in total. The fourth-order valence-electron chi connectivity index (χ4n) is 2.98. The van der Waals surface area contributed by atoms with E-state index >= 15 is 0 Å². The lowest BCUT2D eigenvalue weighted by atomic mass is 10.0. The van der Waals surface area contributed by atoms with E-state index in [1.807, 2.05) is 30.3 Å². The Labute approximate surface area is 158 Å². The van der Waals surface area contributed by atoms with Crippen LogP contribution in [-0.4, -0.2) is 32.2 Å². The second-order valence-corrected chi connectivity index (χ2v) is 5.80. The van der Waals surface area contributed by atoms with Gasteiger partial charge in [-0.1, -0.05) is 53.7 Å². The highest BCUT2D eigenvalue weighted by atomic mass is 16.5. The second kappa shape index (κ2) is 8.27. The molecule has 0 saturated carbocycles. The Hall–Kier alpha value is -3.47.